The van der Waals surface area contributed by atoms with Crippen molar-refractivity contribution in [1.29, 1.82) is 0 Å². The van der Waals surface area contributed by atoms with Crippen LogP contribution in [-0.4, -0.2) is 15.5 Å². The minimum absolute atomic E-state index is 0.0725. The fraction of sp³-hybridized carbons (Fsp3) is 0.308. The molecule has 1 aliphatic heterocycles. The van der Waals surface area contributed by atoms with Crippen molar-refractivity contribution in [1.82, 2.24) is 9.55 Å². The van der Waals surface area contributed by atoms with Crippen LogP contribution >= 0.6 is 11.6 Å². The van der Waals surface area contributed by atoms with Crippen LogP contribution in [0.5, 0.6) is 0 Å². The first-order valence-electron chi connectivity index (χ1n) is 5.87. The lowest BCUT2D eigenvalue weighted by Crippen LogP contribution is -2.48. The first-order chi connectivity index (χ1) is 9.33. The predicted octanol–water partition coefficient (Wildman–Crippen LogP) is 4.26. The van der Waals surface area contributed by atoms with Crippen molar-refractivity contribution < 1.29 is 17.6 Å². The molecular weight excluding hydrogens is 296 g/mol. The van der Waals surface area contributed by atoms with Crippen LogP contribution in [0.3, 0.4) is 0 Å². The van der Waals surface area contributed by atoms with Gasteiger partial charge in [0.15, 0.2) is 0 Å². The summed E-state index contributed by atoms with van der Waals surface area (Å²) in [5, 5.41) is 0.454. The summed E-state index contributed by atoms with van der Waals surface area (Å²) in [6.07, 6.45) is 0.973. The summed E-state index contributed by atoms with van der Waals surface area (Å²) in [6.45, 7) is 0. The molecule has 1 aromatic carbocycles. The summed E-state index contributed by atoms with van der Waals surface area (Å²) in [4.78, 5) is 3.58. The molecule has 1 aliphatic rings. The Kier molecular flexibility index (Phi) is 2.83. The molecule has 0 bridgehead atoms. The van der Waals surface area contributed by atoms with Gasteiger partial charge in [-0.1, -0.05) is 23.7 Å². The van der Waals surface area contributed by atoms with E-state index in [-0.39, 0.29) is 10.3 Å². The third kappa shape index (κ3) is 1.82. The maximum atomic E-state index is 13.7. The number of nitrogens with zero attached hydrogens (tertiary/aromatic N) is 2. The molecule has 0 N–H and O–H groups in total. The first-order valence-corrected chi connectivity index (χ1v) is 6.24. The van der Waals surface area contributed by atoms with E-state index in [1.165, 1.54) is 6.20 Å². The van der Waals surface area contributed by atoms with Gasteiger partial charge in [0.25, 0.3) is 0 Å². The van der Waals surface area contributed by atoms with Gasteiger partial charge in [-0.3, -0.25) is 4.57 Å². The Morgan fingerprint density at radius 1 is 1.15 bits per heavy atom. The van der Waals surface area contributed by atoms with E-state index in [0.29, 0.717) is 10.6 Å². The third-order valence-electron chi connectivity index (χ3n) is 3.50. The minimum Gasteiger partial charge on any atom is -0.269 e. The van der Waals surface area contributed by atoms with Crippen LogP contribution in [0.2, 0.25) is 5.02 Å². The highest BCUT2D eigenvalue weighted by molar-refractivity contribution is 6.30. The molecule has 0 amide bonds. The SMILES string of the molecule is FC1(F)CC(c2ccc(Cl)cc2)c2cncn2C1(F)F. The van der Waals surface area contributed by atoms with Crippen LogP contribution in [0.4, 0.5) is 17.6 Å². The monoisotopic (exact) mass is 304 g/mol. The number of halogens is 5. The highest BCUT2D eigenvalue weighted by Gasteiger charge is 2.62. The van der Waals surface area contributed by atoms with Crippen LogP contribution in [-0.2, 0) is 6.05 Å². The van der Waals surface area contributed by atoms with Crippen molar-refractivity contribution in [2.75, 3.05) is 0 Å². The van der Waals surface area contributed by atoms with Gasteiger partial charge in [0.05, 0.1) is 12.0 Å². The summed E-state index contributed by atoms with van der Waals surface area (Å²) in [5.74, 6) is -4.98. The Morgan fingerprint density at radius 3 is 2.45 bits per heavy atom. The van der Waals surface area contributed by atoms with Crippen molar-refractivity contribution in [3.8, 4) is 0 Å². The van der Waals surface area contributed by atoms with E-state index in [4.69, 9.17) is 11.6 Å². The largest absolute Gasteiger partial charge is 0.393 e. The normalized spacial score (nSPS) is 23.4. The molecule has 0 radical (unpaired) electrons. The summed E-state index contributed by atoms with van der Waals surface area (Å²) in [7, 11) is 0. The Labute approximate surface area is 117 Å². The Balaban J connectivity index is 2.13. The van der Waals surface area contributed by atoms with Gasteiger partial charge in [-0.15, -0.1) is 0 Å². The molecule has 3 rings (SSSR count). The topological polar surface area (TPSA) is 17.8 Å². The van der Waals surface area contributed by atoms with Crippen molar-refractivity contribution in [2.24, 2.45) is 0 Å². The number of alkyl halides is 4. The molecule has 106 valence electrons. The van der Waals surface area contributed by atoms with Crippen molar-refractivity contribution in [2.45, 2.75) is 24.3 Å². The van der Waals surface area contributed by atoms with Crippen LogP contribution < -0.4 is 0 Å². The van der Waals surface area contributed by atoms with E-state index < -0.39 is 24.3 Å². The number of imidazole rings is 1. The lowest BCUT2D eigenvalue weighted by atomic mass is 9.86. The number of hydrogen-bond acceptors (Lipinski definition) is 1. The quantitative estimate of drug-likeness (QED) is 0.720. The Morgan fingerprint density at radius 2 is 1.80 bits per heavy atom. The smallest absolute Gasteiger partial charge is 0.269 e. The van der Waals surface area contributed by atoms with Crippen LogP contribution in [0.25, 0.3) is 0 Å². The number of fused-ring (bicyclic) bond motifs is 1. The third-order valence-corrected chi connectivity index (χ3v) is 3.75. The second-order valence-corrected chi connectivity index (χ2v) is 5.18. The van der Waals surface area contributed by atoms with Crippen molar-refractivity contribution in [3.05, 3.63) is 53.1 Å². The molecule has 7 heteroatoms. The lowest BCUT2D eigenvalue weighted by molar-refractivity contribution is -0.273. The summed E-state index contributed by atoms with van der Waals surface area (Å²) in [5.41, 5.74) is 0.578. The molecule has 1 atom stereocenters. The van der Waals surface area contributed by atoms with Crippen LogP contribution in [0.1, 0.15) is 23.6 Å². The van der Waals surface area contributed by atoms with E-state index in [1.54, 1.807) is 24.3 Å². The van der Waals surface area contributed by atoms with E-state index in [2.05, 4.69) is 4.98 Å². The van der Waals surface area contributed by atoms with Gasteiger partial charge in [-0.25, -0.2) is 4.98 Å². The summed E-state index contributed by atoms with van der Waals surface area (Å²) < 4.78 is 55.1. The highest BCUT2D eigenvalue weighted by atomic mass is 35.5. The van der Waals surface area contributed by atoms with Crippen LogP contribution in [0.15, 0.2) is 36.8 Å². The second kappa shape index (κ2) is 4.22. The molecule has 2 heterocycles. The minimum atomic E-state index is -4.26. The zero-order chi connectivity index (χ0) is 14.5. The first kappa shape index (κ1) is 13.4. The van der Waals surface area contributed by atoms with Gasteiger partial charge in [0, 0.05) is 23.6 Å². The maximum absolute atomic E-state index is 13.7. The molecule has 2 aromatic rings. The van der Waals surface area contributed by atoms with Gasteiger partial charge in [-0.2, -0.15) is 17.6 Å². The van der Waals surface area contributed by atoms with E-state index in [9.17, 15) is 17.6 Å². The standard InChI is InChI=1S/C13H9ClF4N2/c14-9-3-1-8(2-4-9)10-5-12(15,16)13(17,18)20-7-19-6-11(10)20/h1-4,6-7,10H,5H2. The number of rotatable bonds is 1. The number of benzene rings is 1. The van der Waals surface area contributed by atoms with Gasteiger partial charge >= 0.3 is 12.0 Å². The zero-order valence-corrected chi connectivity index (χ0v) is 10.8. The van der Waals surface area contributed by atoms with Gasteiger partial charge in [-0.05, 0) is 17.7 Å². The van der Waals surface area contributed by atoms with Gasteiger partial charge < -0.3 is 0 Å². The molecule has 0 saturated heterocycles. The average Bonchev–Trinajstić information content (AvgIpc) is 2.85. The molecule has 2 nitrogen and oxygen atoms in total. The van der Waals surface area contributed by atoms with Crippen molar-refractivity contribution >= 4 is 11.6 Å². The molecule has 1 aromatic heterocycles. The van der Waals surface area contributed by atoms with Gasteiger partial charge in [0.2, 0.25) is 0 Å². The van der Waals surface area contributed by atoms with Gasteiger partial charge in [0.1, 0.15) is 0 Å². The average molecular weight is 305 g/mol. The molecule has 0 fully saturated rings. The lowest BCUT2D eigenvalue weighted by Gasteiger charge is -2.37. The number of aromatic nitrogens is 2. The molecule has 0 spiro atoms. The predicted molar refractivity (Wildman–Crippen MR) is 65.3 cm³/mol. The Bertz CT molecular complexity index is 636. The van der Waals surface area contributed by atoms with Crippen molar-refractivity contribution in [3.63, 3.8) is 0 Å². The second-order valence-electron chi connectivity index (χ2n) is 4.74. The maximum Gasteiger partial charge on any atom is 0.393 e. The molecule has 1 unspecified atom stereocenters. The molecule has 0 aliphatic carbocycles. The Hall–Kier alpha value is -1.56. The van der Waals surface area contributed by atoms with E-state index >= 15 is 0 Å². The van der Waals surface area contributed by atoms with E-state index in [1.807, 2.05) is 0 Å². The molecule has 20 heavy (non-hydrogen) atoms. The fourth-order valence-electron chi connectivity index (χ4n) is 2.44. The zero-order valence-electron chi connectivity index (χ0n) is 10.0. The molecule has 0 saturated carbocycles. The van der Waals surface area contributed by atoms with E-state index in [0.717, 1.165) is 6.33 Å². The van der Waals surface area contributed by atoms with Crippen LogP contribution in [0, 0.1) is 0 Å². The summed E-state index contributed by atoms with van der Waals surface area (Å²) >= 11 is 5.75. The molecular formula is C13H9ClF4N2. The highest BCUT2D eigenvalue weighted by Crippen LogP contribution is 2.51. The fourth-order valence-corrected chi connectivity index (χ4v) is 2.57. The number of hydrogen-bond donors (Lipinski definition) is 0. The summed E-state index contributed by atoms with van der Waals surface area (Å²) in [6, 6.07) is 1.94.